The first-order chi connectivity index (χ1) is 10.0. The quantitative estimate of drug-likeness (QED) is 0.862. The number of imidazole rings is 1. The van der Waals surface area contributed by atoms with E-state index in [-0.39, 0.29) is 17.4 Å². The lowest BCUT2D eigenvalue weighted by atomic mass is 9.64. The third-order valence-electron chi connectivity index (χ3n) is 5.72. The molecular weight excluding hydrogens is 264 g/mol. The molecule has 112 valence electrons. The van der Waals surface area contributed by atoms with Crippen LogP contribution in [0.4, 0.5) is 0 Å². The minimum atomic E-state index is -0.697. The van der Waals surface area contributed by atoms with Crippen molar-refractivity contribution in [2.75, 3.05) is 13.2 Å². The van der Waals surface area contributed by atoms with Crippen LogP contribution >= 0.6 is 0 Å². The third-order valence-corrected chi connectivity index (χ3v) is 5.72. The maximum atomic E-state index is 10.9. The smallest absolute Gasteiger partial charge is 0.0951 e. The van der Waals surface area contributed by atoms with Gasteiger partial charge in [0.1, 0.15) is 0 Å². The Morgan fingerprint density at radius 1 is 1.38 bits per heavy atom. The van der Waals surface area contributed by atoms with Crippen molar-refractivity contribution < 1.29 is 9.84 Å². The number of hydrogen-bond donors (Lipinski definition) is 1. The predicted octanol–water partition coefficient (Wildman–Crippen LogP) is 2.44. The molecule has 0 bridgehead atoms. The predicted molar refractivity (Wildman–Crippen MR) is 79.9 cm³/mol. The molecule has 0 saturated carbocycles. The van der Waals surface area contributed by atoms with Crippen molar-refractivity contribution in [1.29, 1.82) is 0 Å². The van der Waals surface area contributed by atoms with Crippen LogP contribution in [0.1, 0.15) is 37.9 Å². The summed E-state index contributed by atoms with van der Waals surface area (Å²) in [6.45, 7) is 5.49. The summed E-state index contributed by atoms with van der Waals surface area (Å²) < 4.78 is 7.97. The van der Waals surface area contributed by atoms with E-state index in [9.17, 15) is 5.11 Å². The van der Waals surface area contributed by atoms with Crippen LogP contribution in [0.15, 0.2) is 36.8 Å². The largest absolute Gasteiger partial charge is 0.390 e. The highest BCUT2D eigenvalue weighted by molar-refractivity contribution is 5.36. The Morgan fingerprint density at radius 2 is 2.24 bits per heavy atom. The van der Waals surface area contributed by atoms with Crippen molar-refractivity contribution in [1.82, 2.24) is 9.55 Å². The number of aromatic nitrogens is 2. The van der Waals surface area contributed by atoms with Crippen LogP contribution in [0.2, 0.25) is 0 Å². The third kappa shape index (κ3) is 1.72. The molecule has 1 N–H and O–H groups in total. The number of rotatable bonds is 1. The highest BCUT2D eigenvalue weighted by Gasteiger charge is 2.55. The molecule has 5 atom stereocenters. The summed E-state index contributed by atoms with van der Waals surface area (Å²) in [4.78, 5) is 4.34. The summed E-state index contributed by atoms with van der Waals surface area (Å²) in [5.74, 6) is 0.401. The van der Waals surface area contributed by atoms with E-state index in [1.807, 2.05) is 19.4 Å². The van der Waals surface area contributed by atoms with Crippen molar-refractivity contribution in [2.45, 2.75) is 37.8 Å². The van der Waals surface area contributed by atoms with Crippen LogP contribution in [0.25, 0.3) is 0 Å². The molecule has 1 fully saturated rings. The van der Waals surface area contributed by atoms with Gasteiger partial charge in [-0.3, -0.25) is 0 Å². The number of allylic oxidation sites excluding steroid dienone is 4. The molecule has 4 heteroatoms. The van der Waals surface area contributed by atoms with Gasteiger partial charge in [-0.1, -0.05) is 31.2 Å². The Labute approximate surface area is 125 Å². The van der Waals surface area contributed by atoms with E-state index in [1.54, 1.807) is 0 Å². The van der Waals surface area contributed by atoms with Gasteiger partial charge in [0.2, 0.25) is 0 Å². The summed E-state index contributed by atoms with van der Waals surface area (Å²) in [6, 6.07) is 0.177. The molecule has 0 radical (unpaired) electrons. The Kier molecular flexibility index (Phi) is 2.72. The fourth-order valence-corrected chi connectivity index (χ4v) is 4.45. The molecular formula is C17H22N2O2. The van der Waals surface area contributed by atoms with E-state index in [4.69, 9.17) is 4.74 Å². The summed E-state index contributed by atoms with van der Waals surface area (Å²) in [5, 5.41) is 10.9. The zero-order chi connectivity index (χ0) is 14.7. The second-order valence-electron chi connectivity index (χ2n) is 7.05. The zero-order valence-corrected chi connectivity index (χ0v) is 12.6. The van der Waals surface area contributed by atoms with Gasteiger partial charge < -0.3 is 14.4 Å². The molecule has 1 aliphatic carbocycles. The Bertz CT molecular complexity index is 616. The van der Waals surface area contributed by atoms with Gasteiger partial charge >= 0.3 is 0 Å². The van der Waals surface area contributed by atoms with Crippen LogP contribution in [0, 0.1) is 11.3 Å². The van der Waals surface area contributed by atoms with Gasteiger partial charge in [-0.2, -0.15) is 0 Å². The number of fused-ring (bicyclic) bond motifs is 3. The van der Waals surface area contributed by atoms with E-state index in [0.717, 1.165) is 0 Å². The lowest BCUT2D eigenvalue weighted by Crippen LogP contribution is -2.49. The SMILES string of the molecule is CC1(O)CCOCC1C1n2cncc2C2C=CC=CC21C. The lowest BCUT2D eigenvalue weighted by Gasteiger charge is -2.46. The van der Waals surface area contributed by atoms with E-state index in [2.05, 4.69) is 40.8 Å². The Morgan fingerprint density at radius 3 is 3.05 bits per heavy atom. The molecule has 3 heterocycles. The fourth-order valence-electron chi connectivity index (χ4n) is 4.45. The monoisotopic (exact) mass is 286 g/mol. The topological polar surface area (TPSA) is 47.3 Å². The molecule has 3 aliphatic rings. The number of aliphatic hydroxyl groups is 1. The first-order valence-electron chi connectivity index (χ1n) is 7.72. The molecule has 4 rings (SSSR count). The van der Waals surface area contributed by atoms with Gasteiger partial charge in [0.15, 0.2) is 0 Å². The molecule has 0 spiro atoms. The minimum Gasteiger partial charge on any atom is -0.390 e. The zero-order valence-electron chi connectivity index (χ0n) is 12.6. The first-order valence-corrected chi connectivity index (χ1v) is 7.72. The number of nitrogens with zero attached hydrogens (tertiary/aromatic N) is 2. The average molecular weight is 286 g/mol. The minimum absolute atomic E-state index is 0.0254. The Balaban J connectivity index is 1.84. The second-order valence-corrected chi connectivity index (χ2v) is 7.05. The maximum absolute atomic E-state index is 10.9. The van der Waals surface area contributed by atoms with Crippen molar-refractivity contribution in [3.05, 3.63) is 42.5 Å². The number of ether oxygens (including phenoxy) is 1. The average Bonchev–Trinajstić information content (AvgIpc) is 2.97. The van der Waals surface area contributed by atoms with Crippen molar-refractivity contribution in [3.63, 3.8) is 0 Å². The summed E-state index contributed by atoms with van der Waals surface area (Å²) in [6.07, 6.45) is 13.4. The van der Waals surface area contributed by atoms with Crippen LogP contribution in [0.5, 0.6) is 0 Å². The highest BCUT2D eigenvalue weighted by atomic mass is 16.5. The van der Waals surface area contributed by atoms with Crippen LogP contribution < -0.4 is 0 Å². The van der Waals surface area contributed by atoms with E-state index in [0.29, 0.717) is 25.6 Å². The van der Waals surface area contributed by atoms with Crippen LogP contribution in [0.3, 0.4) is 0 Å². The molecule has 2 aliphatic heterocycles. The molecule has 21 heavy (non-hydrogen) atoms. The Hall–Kier alpha value is -1.39. The van der Waals surface area contributed by atoms with Crippen LogP contribution in [-0.4, -0.2) is 33.5 Å². The maximum Gasteiger partial charge on any atom is 0.0951 e. The summed E-state index contributed by atoms with van der Waals surface area (Å²) in [7, 11) is 0. The molecule has 1 aromatic heterocycles. The van der Waals surface area contributed by atoms with Gasteiger partial charge in [0, 0.05) is 35.7 Å². The second kappa shape index (κ2) is 4.31. The summed E-state index contributed by atoms with van der Waals surface area (Å²) in [5.41, 5.74) is 0.518. The van der Waals surface area contributed by atoms with Gasteiger partial charge in [0.25, 0.3) is 0 Å². The molecule has 1 saturated heterocycles. The molecule has 4 nitrogen and oxygen atoms in total. The van der Waals surface area contributed by atoms with Crippen LogP contribution in [-0.2, 0) is 4.74 Å². The van der Waals surface area contributed by atoms with Gasteiger partial charge in [-0.25, -0.2) is 4.98 Å². The van der Waals surface area contributed by atoms with E-state index < -0.39 is 5.60 Å². The number of hydrogen-bond acceptors (Lipinski definition) is 3. The first kappa shape index (κ1) is 13.3. The van der Waals surface area contributed by atoms with Gasteiger partial charge in [-0.05, 0) is 13.3 Å². The van der Waals surface area contributed by atoms with E-state index >= 15 is 0 Å². The molecule has 1 aromatic rings. The standard InChI is InChI=1S/C17H22N2O2/c1-16-6-4-3-5-12(16)14-9-18-11-19(14)15(16)13-10-21-8-7-17(13,2)20/h3-6,9,11-13,15,20H,7-8,10H2,1-2H3. The van der Waals surface area contributed by atoms with Crippen molar-refractivity contribution >= 4 is 0 Å². The highest BCUT2D eigenvalue weighted by Crippen LogP contribution is 2.58. The summed E-state index contributed by atoms with van der Waals surface area (Å²) >= 11 is 0. The van der Waals surface area contributed by atoms with Crippen molar-refractivity contribution in [2.24, 2.45) is 11.3 Å². The fraction of sp³-hybridized carbons (Fsp3) is 0.588. The molecule has 0 amide bonds. The van der Waals surface area contributed by atoms with Gasteiger partial charge in [-0.15, -0.1) is 0 Å². The van der Waals surface area contributed by atoms with E-state index in [1.165, 1.54) is 5.69 Å². The lowest BCUT2D eigenvalue weighted by molar-refractivity contribution is -0.127. The molecule has 0 aromatic carbocycles. The normalized spacial score (nSPS) is 44.6. The van der Waals surface area contributed by atoms with Crippen molar-refractivity contribution in [3.8, 4) is 0 Å². The molecule has 5 unspecified atom stereocenters. The van der Waals surface area contributed by atoms with Gasteiger partial charge in [0.05, 0.1) is 24.6 Å².